The van der Waals surface area contributed by atoms with E-state index >= 15 is 0 Å². The second kappa shape index (κ2) is 4.80. The molecule has 0 fully saturated rings. The minimum absolute atomic E-state index is 0.0306. The third-order valence-electron chi connectivity index (χ3n) is 2.96. The van der Waals surface area contributed by atoms with Crippen LogP contribution >= 0.6 is 0 Å². The van der Waals surface area contributed by atoms with Crippen molar-refractivity contribution in [2.75, 3.05) is 0 Å². The van der Waals surface area contributed by atoms with E-state index in [1.165, 1.54) is 19.9 Å². The first-order valence-electron chi connectivity index (χ1n) is 5.99. The van der Waals surface area contributed by atoms with Crippen molar-refractivity contribution >= 4 is 22.6 Å². The van der Waals surface area contributed by atoms with Crippen molar-refractivity contribution in [3.8, 4) is 0 Å². The average Bonchev–Trinajstić information content (AvgIpc) is 2.38. The number of carboxylic acid groups (broad SMARTS) is 1. The molecule has 104 valence electrons. The number of aromatic amines is 1. The summed E-state index contributed by atoms with van der Waals surface area (Å²) in [7, 11) is 0. The SMILES string of the molecule is CC(C)(NC(=O)c1cc2ccccc2c(=O)[nH]1)C(=O)O. The monoisotopic (exact) mass is 274 g/mol. The number of carboxylic acids is 1. The van der Waals surface area contributed by atoms with Crippen LogP contribution in [-0.4, -0.2) is 27.5 Å². The molecule has 2 rings (SSSR count). The quantitative estimate of drug-likeness (QED) is 0.781. The molecule has 1 aromatic carbocycles. The molecule has 6 heteroatoms. The summed E-state index contributed by atoms with van der Waals surface area (Å²) < 4.78 is 0. The lowest BCUT2D eigenvalue weighted by molar-refractivity contribution is -0.143. The number of H-pyrrole nitrogens is 1. The van der Waals surface area contributed by atoms with Gasteiger partial charge in [0.15, 0.2) is 0 Å². The van der Waals surface area contributed by atoms with Gasteiger partial charge in [0, 0.05) is 5.39 Å². The Labute approximate surface area is 114 Å². The first kappa shape index (κ1) is 13.8. The number of pyridine rings is 1. The molecule has 0 radical (unpaired) electrons. The highest BCUT2D eigenvalue weighted by Gasteiger charge is 2.29. The normalized spacial score (nSPS) is 11.3. The summed E-state index contributed by atoms with van der Waals surface area (Å²) in [6.07, 6.45) is 0. The predicted octanol–water partition coefficient (Wildman–Crippen LogP) is 1.12. The molecule has 0 bridgehead atoms. The fourth-order valence-corrected chi connectivity index (χ4v) is 1.74. The van der Waals surface area contributed by atoms with Crippen LogP contribution in [0.25, 0.3) is 10.8 Å². The molecule has 0 spiro atoms. The van der Waals surface area contributed by atoms with Crippen LogP contribution in [-0.2, 0) is 4.79 Å². The van der Waals surface area contributed by atoms with Gasteiger partial charge in [0.1, 0.15) is 11.2 Å². The Hall–Kier alpha value is -2.63. The number of amides is 1. The fraction of sp³-hybridized carbons (Fsp3) is 0.214. The van der Waals surface area contributed by atoms with Crippen molar-refractivity contribution in [2.45, 2.75) is 19.4 Å². The molecule has 1 aromatic heterocycles. The molecule has 0 unspecified atom stereocenters. The van der Waals surface area contributed by atoms with Crippen LogP contribution in [0.5, 0.6) is 0 Å². The zero-order valence-electron chi connectivity index (χ0n) is 11.1. The molecule has 0 saturated carbocycles. The Morgan fingerprint density at radius 3 is 2.55 bits per heavy atom. The number of fused-ring (bicyclic) bond motifs is 1. The third kappa shape index (κ3) is 2.54. The summed E-state index contributed by atoms with van der Waals surface area (Å²) in [6, 6.07) is 8.36. The summed E-state index contributed by atoms with van der Waals surface area (Å²) in [5.41, 5.74) is -1.77. The maximum absolute atomic E-state index is 12.0. The van der Waals surface area contributed by atoms with E-state index in [0.717, 1.165) is 0 Å². The van der Waals surface area contributed by atoms with Crippen molar-refractivity contribution in [3.63, 3.8) is 0 Å². The van der Waals surface area contributed by atoms with Crippen molar-refractivity contribution in [2.24, 2.45) is 0 Å². The topological polar surface area (TPSA) is 99.3 Å². The number of rotatable bonds is 3. The molecule has 0 aliphatic heterocycles. The summed E-state index contributed by atoms with van der Waals surface area (Å²) in [5.74, 6) is -1.80. The van der Waals surface area contributed by atoms with Gasteiger partial charge in [0.05, 0.1) is 0 Å². The molecule has 1 heterocycles. The Kier molecular flexibility index (Phi) is 3.31. The Morgan fingerprint density at radius 1 is 1.25 bits per heavy atom. The second-order valence-electron chi connectivity index (χ2n) is 4.98. The lowest BCUT2D eigenvalue weighted by atomic mass is 10.1. The zero-order valence-corrected chi connectivity index (χ0v) is 11.1. The van der Waals surface area contributed by atoms with Gasteiger partial charge in [-0.2, -0.15) is 0 Å². The summed E-state index contributed by atoms with van der Waals surface area (Å²) in [5, 5.41) is 12.4. The third-order valence-corrected chi connectivity index (χ3v) is 2.96. The smallest absolute Gasteiger partial charge is 0.328 e. The van der Waals surface area contributed by atoms with E-state index in [9.17, 15) is 14.4 Å². The zero-order chi connectivity index (χ0) is 14.9. The van der Waals surface area contributed by atoms with E-state index in [1.807, 2.05) is 0 Å². The number of benzene rings is 1. The maximum Gasteiger partial charge on any atom is 0.328 e. The van der Waals surface area contributed by atoms with E-state index in [4.69, 9.17) is 5.11 Å². The number of carbonyl (C=O) groups is 2. The van der Waals surface area contributed by atoms with E-state index in [0.29, 0.717) is 10.8 Å². The molecule has 0 saturated heterocycles. The van der Waals surface area contributed by atoms with Crippen molar-refractivity contribution < 1.29 is 14.7 Å². The molecule has 2 aromatic rings. The van der Waals surface area contributed by atoms with Gasteiger partial charge in [-0.25, -0.2) is 4.79 Å². The number of aliphatic carboxylic acids is 1. The van der Waals surface area contributed by atoms with Crippen LogP contribution < -0.4 is 10.9 Å². The van der Waals surface area contributed by atoms with Crippen LogP contribution in [0.2, 0.25) is 0 Å². The minimum Gasteiger partial charge on any atom is -0.480 e. The van der Waals surface area contributed by atoms with E-state index in [-0.39, 0.29) is 11.3 Å². The first-order chi connectivity index (χ1) is 9.31. The molecular formula is C14H14N2O4. The standard InChI is InChI=1S/C14H14N2O4/c1-14(2,13(19)20)16-12(18)10-7-8-5-3-4-6-9(8)11(17)15-10/h3-7H,1-2H3,(H,15,17)(H,16,18)(H,19,20). The van der Waals surface area contributed by atoms with Crippen molar-refractivity contribution in [1.82, 2.24) is 10.3 Å². The summed E-state index contributed by atoms with van der Waals surface area (Å²) in [6.45, 7) is 2.73. The van der Waals surface area contributed by atoms with Gasteiger partial charge >= 0.3 is 5.97 Å². The average molecular weight is 274 g/mol. The molecule has 0 aliphatic carbocycles. The molecule has 1 amide bonds. The van der Waals surface area contributed by atoms with Crippen LogP contribution in [0.1, 0.15) is 24.3 Å². The van der Waals surface area contributed by atoms with E-state index in [1.54, 1.807) is 24.3 Å². The van der Waals surface area contributed by atoms with Gasteiger partial charge in [0.2, 0.25) is 0 Å². The van der Waals surface area contributed by atoms with Gasteiger partial charge in [-0.15, -0.1) is 0 Å². The largest absolute Gasteiger partial charge is 0.480 e. The van der Waals surface area contributed by atoms with E-state index < -0.39 is 17.4 Å². The molecule has 0 aliphatic rings. The number of hydrogen-bond acceptors (Lipinski definition) is 3. The second-order valence-corrected chi connectivity index (χ2v) is 4.98. The summed E-state index contributed by atoms with van der Waals surface area (Å²) in [4.78, 5) is 37.3. The number of hydrogen-bond donors (Lipinski definition) is 3. The number of nitrogens with one attached hydrogen (secondary N) is 2. The Balaban J connectivity index is 2.41. The number of carbonyl (C=O) groups excluding carboxylic acids is 1. The van der Waals surface area contributed by atoms with Crippen LogP contribution in [0.15, 0.2) is 35.1 Å². The number of aromatic nitrogens is 1. The van der Waals surface area contributed by atoms with Crippen molar-refractivity contribution in [1.29, 1.82) is 0 Å². The van der Waals surface area contributed by atoms with Gasteiger partial charge in [-0.3, -0.25) is 9.59 Å². The molecule has 3 N–H and O–H groups in total. The highest BCUT2D eigenvalue weighted by atomic mass is 16.4. The first-order valence-corrected chi connectivity index (χ1v) is 5.99. The fourth-order valence-electron chi connectivity index (χ4n) is 1.74. The highest BCUT2D eigenvalue weighted by molar-refractivity contribution is 5.98. The van der Waals surface area contributed by atoms with Crippen LogP contribution in [0.3, 0.4) is 0 Å². The van der Waals surface area contributed by atoms with E-state index in [2.05, 4.69) is 10.3 Å². The van der Waals surface area contributed by atoms with Crippen LogP contribution in [0.4, 0.5) is 0 Å². The minimum atomic E-state index is -1.42. The lowest BCUT2D eigenvalue weighted by Crippen LogP contribution is -2.50. The maximum atomic E-state index is 12.0. The molecular weight excluding hydrogens is 260 g/mol. The molecule has 6 nitrogen and oxygen atoms in total. The van der Waals surface area contributed by atoms with Gasteiger partial charge in [-0.1, -0.05) is 18.2 Å². The van der Waals surface area contributed by atoms with Gasteiger partial charge < -0.3 is 15.4 Å². The lowest BCUT2D eigenvalue weighted by Gasteiger charge is -2.20. The molecule has 0 atom stereocenters. The highest BCUT2D eigenvalue weighted by Crippen LogP contribution is 2.11. The van der Waals surface area contributed by atoms with Crippen molar-refractivity contribution in [3.05, 3.63) is 46.4 Å². The summed E-state index contributed by atoms with van der Waals surface area (Å²) >= 11 is 0. The molecule has 20 heavy (non-hydrogen) atoms. The Morgan fingerprint density at radius 2 is 1.90 bits per heavy atom. The Bertz CT molecular complexity index is 746. The van der Waals surface area contributed by atoms with Gasteiger partial charge in [-0.05, 0) is 31.4 Å². The van der Waals surface area contributed by atoms with Crippen LogP contribution in [0, 0.1) is 0 Å². The predicted molar refractivity (Wildman–Crippen MR) is 73.7 cm³/mol. The van der Waals surface area contributed by atoms with Gasteiger partial charge in [0.25, 0.3) is 11.5 Å².